The number of amides is 1. The fourth-order valence-electron chi connectivity index (χ4n) is 3.56. The molecule has 0 bridgehead atoms. The third kappa shape index (κ3) is 4.74. The molecule has 1 fully saturated rings. The van der Waals surface area contributed by atoms with Gasteiger partial charge in [-0.15, -0.1) is 0 Å². The highest BCUT2D eigenvalue weighted by Gasteiger charge is 2.31. The van der Waals surface area contributed by atoms with E-state index in [1.165, 1.54) is 0 Å². The van der Waals surface area contributed by atoms with Crippen LogP contribution in [0, 0.1) is 11.8 Å². The molecule has 2 atom stereocenters. The quantitative estimate of drug-likeness (QED) is 0.713. The number of sulfonamides is 1. The zero-order chi connectivity index (χ0) is 19.5. The van der Waals surface area contributed by atoms with E-state index in [4.69, 9.17) is 0 Å². The molecule has 6 heteroatoms. The predicted molar refractivity (Wildman–Crippen MR) is 105 cm³/mol. The molecule has 1 aromatic rings. The Morgan fingerprint density at radius 1 is 1.19 bits per heavy atom. The zero-order valence-corrected chi connectivity index (χ0v) is 17.1. The minimum atomic E-state index is -3.52. The highest BCUT2D eigenvalue weighted by Crippen LogP contribution is 2.26. The standard InChI is InChI=1S/C20H30N2O3S/c1-6-21(12-15(2)3)20(23)18-7-9-19(10-8-18)26(24,25)22-13-16(4)11-17(5)14-22/h7-10,16-17H,2,6,11-14H2,1,3-5H3. The van der Waals surface area contributed by atoms with Crippen LogP contribution in [0.1, 0.15) is 44.5 Å². The van der Waals surface area contributed by atoms with E-state index in [0.717, 1.165) is 12.0 Å². The minimum absolute atomic E-state index is 0.111. The average Bonchev–Trinajstić information content (AvgIpc) is 2.58. The third-order valence-electron chi connectivity index (χ3n) is 4.70. The van der Waals surface area contributed by atoms with E-state index in [-0.39, 0.29) is 10.8 Å². The summed E-state index contributed by atoms with van der Waals surface area (Å²) in [6.45, 7) is 14.0. The fourth-order valence-corrected chi connectivity index (χ4v) is 5.24. The first kappa shape index (κ1) is 20.6. The Kier molecular flexibility index (Phi) is 6.64. The van der Waals surface area contributed by atoms with Gasteiger partial charge in [-0.05, 0) is 56.4 Å². The van der Waals surface area contributed by atoms with E-state index in [0.29, 0.717) is 43.6 Å². The van der Waals surface area contributed by atoms with Gasteiger partial charge >= 0.3 is 0 Å². The van der Waals surface area contributed by atoms with Crippen molar-refractivity contribution in [2.75, 3.05) is 26.2 Å². The van der Waals surface area contributed by atoms with Gasteiger partial charge in [0.2, 0.25) is 10.0 Å². The molecule has 2 rings (SSSR count). The maximum absolute atomic E-state index is 12.9. The van der Waals surface area contributed by atoms with Crippen LogP contribution in [0.2, 0.25) is 0 Å². The van der Waals surface area contributed by atoms with Crippen molar-refractivity contribution in [2.24, 2.45) is 11.8 Å². The lowest BCUT2D eigenvalue weighted by molar-refractivity contribution is 0.0778. The number of hydrogen-bond acceptors (Lipinski definition) is 3. The zero-order valence-electron chi connectivity index (χ0n) is 16.2. The van der Waals surface area contributed by atoms with Crippen molar-refractivity contribution in [1.82, 2.24) is 9.21 Å². The molecule has 1 aliphatic heterocycles. The smallest absolute Gasteiger partial charge is 0.254 e. The van der Waals surface area contributed by atoms with Gasteiger partial charge in [-0.1, -0.05) is 26.0 Å². The van der Waals surface area contributed by atoms with E-state index in [1.807, 2.05) is 13.8 Å². The van der Waals surface area contributed by atoms with Gasteiger partial charge in [0.05, 0.1) is 4.90 Å². The Hall–Kier alpha value is -1.66. The number of piperidine rings is 1. The summed E-state index contributed by atoms with van der Waals surface area (Å²) in [5.74, 6) is 0.601. The Morgan fingerprint density at radius 2 is 1.73 bits per heavy atom. The first-order valence-corrected chi connectivity index (χ1v) is 10.6. The van der Waals surface area contributed by atoms with Crippen molar-refractivity contribution in [3.8, 4) is 0 Å². The molecule has 1 heterocycles. The number of benzene rings is 1. The molecule has 5 nitrogen and oxygen atoms in total. The summed E-state index contributed by atoms with van der Waals surface area (Å²) in [6, 6.07) is 6.29. The Balaban J connectivity index is 2.20. The summed E-state index contributed by atoms with van der Waals surface area (Å²) in [6.07, 6.45) is 1.05. The molecule has 0 radical (unpaired) electrons. The van der Waals surface area contributed by atoms with Gasteiger partial charge in [-0.3, -0.25) is 4.79 Å². The molecule has 0 aliphatic carbocycles. The summed E-state index contributed by atoms with van der Waals surface area (Å²) in [7, 11) is -3.52. The summed E-state index contributed by atoms with van der Waals surface area (Å²) < 4.78 is 27.4. The van der Waals surface area contributed by atoms with Crippen LogP contribution >= 0.6 is 0 Å². The summed E-state index contributed by atoms with van der Waals surface area (Å²) in [4.78, 5) is 14.5. The second-order valence-electron chi connectivity index (χ2n) is 7.57. The van der Waals surface area contributed by atoms with Crippen LogP contribution in [0.25, 0.3) is 0 Å². The first-order valence-electron chi connectivity index (χ1n) is 9.19. The predicted octanol–water partition coefficient (Wildman–Crippen LogP) is 3.39. The third-order valence-corrected chi connectivity index (χ3v) is 6.55. The van der Waals surface area contributed by atoms with Crippen LogP contribution in [0.4, 0.5) is 0 Å². The summed E-state index contributed by atoms with van der Waals surface area (Å²) >= 11 is 0. The van der Waals surface area contributed by atoms with Crippen LogP contribution < -0.4 is 0 Å². The van der Waals surface area contributed by atoms with Gasteiger partial charge in [-0.25, -0.2) is 8.42 Å². The molecular formula is C20H30N2O3S. The van der Waals surface area contributed by atoms with Crippen molar-refractivity contribution in [1.29, 1.82) is 0 Å². The van der Waals surface area contributed by atoms with Gasteiger partial charge in [0.1, 0.15) is 0 Å². The van der Waals surface area contributed by atoms with Crippen molar-refractivity contribution in [3.05, 3.63) is 42.0 Å². The molecule has 0 N–H and O–H groups in total. The van der Waals surface area contributed by atoms with Gasteiger partial charge in [0.15, 0.2) is 0 Å². The van der Waals surface area contributed by atoms with Crippen LogP contribution in [0.5, 0.6) is 0 Å². The molecular weight excluding hydrogens is 348 g/mol. The van der Waals surface area contributed by atoms with E-state index in [9.17, 15) is 13.2 Å². The molecule has 0 spiro atoms. The molecule has 26 heavy (non-hydrogen) atoms. The maximum atomic E-state index is 12.9. The topological polar surface area (TPSA) is 57.7 Å². The number of likely N-dealkylation sites (N-methyl/N-ethyl adjacent to an activating group) is 1. The van der Waals surface area contributed by atoms with Crippen LogP contribution in [0.15, 0.2) is 41.3 Å². The highest BCUT2D eigenvalue weighted by molar-refractivity contribution is 7.89. The van der Waals surface area contributed by atoms with Gasteiger partial charge in [0.25, 0.3) is 5.91 Å². The molecule has 1 aromatic carbocycles. The summed E-state index contributed by atoms with van der Waals surface area (Å²) in [5, 5.41) is 0. The highest BCUT2D eigenvalue weighted by atomic mass is 32.2. The Morgan fingerprint density at radius 3 is 2.19 bits per heavy atom. The number of hydrogen-bond donors (Lipinski definition) is 0. The molecule has 0 aromatic heterocycles. The maximum Gasteiger partial charge on any atom is 0.254 e. The fraction of sp³-hybridized carbons (Fsp3) is 0.550. The van der Waals surface area contributed by atoms with E-state index in [2.05, 4.69) is 20.4 Å². The van der Waals surface area contributed by atoms with Crippen molar-refractivity contribution in [3.63, 3.8) is 0 Å². The average molecular weight is 379 g/mol. The largest absolute Gasteiger partial charge is 0.335 e. The lowest BCUT2D eigenvalue weighted by Gasteiger charge is -2.34. The van der Waals surface area contributed by atoms with E-state index in [1.54, 1.807) is 33.5 Å². The van der Waals surface area contributed by atoms with E-state index < -0.39 is 10.0 Å². The van der Waals surface area contributed by atoms with Crippen LogP contribution in [-0.2, 0) is 10.0 Å². The molecule has 1 aliphatic rings. The minimum Gasteiger partial charge on any atom is -0.335 e. The molecule has 144 valence electrons. The lowest BCUT2D eigenvalue weighted by atomic mass is 9.94. The first-order chi connectivity index (χ1) is 12.1. The Labute approximate surface area is 157 Å². The van der Waals surface area contributed by atoms with Crippen LogP contribution in [-0.4, -0.2) is 49.7 Å². The number of carbonyl (C=O) groups is 1. The number of rotatable bonds is 6. The molecule has 1 amide bonds. The van der Waals surface area contributed by atoms with Crippen molar-refractivity contribution >= 4 is 15.9 Å². The lowest BCUT2D eigenvalue weighted by Crippen LogP contribution is -2.42. The van der Waals surface area contributed by atoms with Gasteiger partial charge in [0, 0.05) is 31.7 Å². The summed E-state index contributed by atoms with van der Waals surface area (Å²) in [5.41, 5.74) is 1.40. The van der Waals surface area contributed by atoms with Crippen molar-refractivity contribution < 1.29 is 13.2 Å². The Bertz CT molecular complexity index is 746. The second kappa shape index (κ2) is 8.35. The molecule has 1 saturated heterocycles. The normalized spacial score (nSPS) is 21.4. The van der Waals surface area contributed by atoms with E-state index >= 15 is 0 Å². The van der Waals surface area contributed by atoms with Crippen LogP contribution in [0.3, 0.4) is 0 Å². The number of nitrogens with zero attached hydrogens (tertiary/aromatic N) is 2. The second-order valence-corrected chi connectivity index (χ2v) is 9.51. The monoisotopic (exact) mass is 378 g/mol. The molecule has 0 saturated carbocycles. The van der Waals surface area contributed by atoms with Crippen molar-refractivity contribution in [2.45, 2.75) is 39.0 Å². The van der Waals surface area contributed by atoms with Gasteiger partial charge < -0.3 is 4.90 Å². The SMILES string of the molecule is C=C(C)CN(CC)C(=O)c1ccc(S(=O)(=O)N2CC(C)CC(C)C2)cc1. The number of carbonyl (C=O) groups excluding carboxylic acids is 1. The van der Waals surface area contributed by atoms with Gasteiger partial charge in [-0.2, -0.15) is 4.31 Å². The molecule has 2 unspecified atom stereocenters.